The van der Waals surface area contributed by atoms with Crippen LogP contribution in [0.5, 0.6) is 0 Å². The summed E-state index contributed by atoms with van der Waals surface area (Å²) in [6, 6.07) is 2.00. The first kappa shape index (κ1) is 14.7. The Kier molecular flexibility index (Phi) is 5.29. The van der Waals surface area contributed by atoms with Crippen molar-refractivity contribution in [2.24, 2.45) is 5.92 Å². The molecule has 0 saturated carbocycles. The number of piperidine rings is 1. The first-order valence-electron chi connectivity index (χ1n) is 6.87. The van der Waals surface area contributed by atoms with Crippen molar-refractivity contribution in [3.05, 3.63) is 18.1 Å². The predicted octanol–water partition coefficient (Wildman–Crippen LogP) is 1.05. The molecule has 2 heterocycles. The maximum absolute atomic E-state index is 11.5. The molecule has 0 N–H and O–H groups in total. The number of carbonyl (C=O) groups excluding carboxylic acids is 1. The number of nitrogens with zero attached hydrogens (tertiary/aromatic N) is 3. The van der Waals surface area contributed by atoms with E-state index in [9.17, 15) is 4.79 Å². The van der Waals surface area contributed by atoms with Gasteiger partial charge in [-0.05, 0) is 12.8 Å². The number of aromatic nitrogens is 2. The van der Waals surface area contributed by atoms with Crippen molar-refractivity contribution in [2.75, 3.05) is 38.8 Å². The Morgan fingerprint density at radius 3 is 2.75 bits per heavy atom. The third kappa shape index (κ3) is 3.66. The number of rotatable bonds is 5. The number of ether oxygens (including phenoxy) is 2. The molecule has 2 rings (SSSR count). The zero-order valence-electron chi connectivity index (χ0n) is 12.0. The van der Waals surface area contributed by atoms with Crippen LogP contribution in [0.15, 0.2) is 12.4 Å². The third-order valence-electron chi connectivity index (χ3n) is 3.63. The summed E-state index contributed by atoms with van der Waals surface area (Å²) in [5, 5.41) is 0. The van der Waals surface area contributed by atoms with Crippen LogP contribution in [0.4, 0.5) is 5.82 Å². The number of esters is 1. The van der Waals surface area contributed by atoms with Crippen LogP contribution in [-0.2, 0) is 20.7 Å². The summed E-state index contributed by atoms with van der Waals surface area (Å²) < 4.78 is 9.86. The molecule has 1 saturated heterocycles. The minimum Gasteiger partial charge on any atom is -0.469 e. The summed E-state index contributed by atoms with van der Waals surface area (Å²) in [6.45, 7) is 2.29. The van der Waals surface area contributed by atoms with Gasteiger partial charge in [-0.15, -0.1) is 0 Å². The highest BCUT2D eigenvalue weighted by molar-refractivity contribution is 5.72. The van der Waals surface area contributed by atoms with E-state index in [1.54, 1.807) is 13.4 Å². The molecule has 0 spiro atoms. The van der Waals surface area contributed by atoms with E-state index in [0.717, 1.165) is 43.9 Å². The molecule has 0 amide bonds. The molecule has 1 aromatic heterocycles. The number of methoxy groups -OCH3 is 2. The zero-order chi connectivity index (χ0) is 14.4. The lowest BCUT2D eigenvalue weighted by atomic mass is 9.97. The van der Waals surface area contributed by atoms with E-state index in [-0.39, 0.29) is 11.9 Å². The summed E-state index contributed by atoms with van der Waals surface area (Å²) in [5.74, 6) is 0.841. The van der Waals surface area contributed by atoms with Gasteiger partial charge in [0.1, 0.15) is 12.1 Å². The predicted molar refractivity (Wildman–Crippen MR) is 74.6 cm³/mol. The van der Waals surface area contributed by atoms with Crippen molar-refractivity contribution in [2.45, 2.75) is 19.3 Å². The summed E-state index contributed by atoms with van der Waals surface area (Å²) >= 11 is 0. The van der Waals surface area contributed by atoms with Crippen molar-refractivity contribution in [3.63, 3.8) is 0 Å². The van der Waals surface area contributed by atoms with Crippen molar-refractivity contribution in [3.8, 4) is 0 Å². The third-order valence-corrected chi connectivity index (χ3v) is 3.63. The molecular formula is C14H21N3O3. The molecule has 1 aromatic rings. The van der Waals surface area contributed by atoms with Crippen LogP contribution in [0.25, 0.3) is 0 Å². The summed E-state index contributed by atoms with van der Waals surface area (Å²) in [6.07, 6.45) is 3.99. The standard InChI is InChI=1S/C14H21N3O3/c1-19-8-5-12-9-13(16-10-15-12)17-6-3-11(4-7-17)14(18)20-2/h9-11H,3-8H2,1-2H3. The van der Waals surface area contributed by atoms with Crippen LogP contribution in [0, 0.1) is 5.92 Å². The average molecular weight is 279 g/mol. The van der Waals surface area contributed by atoms with Crippen LogP contribution in [-0.4, -0.2) is 49.9 Å². The van der Waals surface area contributed by atoms with Gasteiger partial charge < -0.3 is 14.4 Å². The van der Waals surface area contributed by atoms with Gasteiger partial charge >= 0.3 is 5.97 Å². The van der Waals surface area contributed by atoms with Crippen molar-refractivity contribution >= 4 is 11.8 Å². The summed E-state index contributed by atoms with van der Waals surface area (Å²) in [7, 11) is 3.13. The monoisotopic (exact) mass is 279 g/mol. The molecule has 0 unspecified atom stereocenters. The van der Waals surface area contributed by atoms with Gasteiger partial charge in [0.15, 0.2) is 0 Å². The average Bonchev–Trinajstić information content (AvgIpc) is 2.52. The molecule has 6 heteroatoms. The van der Waals surface area contributed by atoms with Crippen LogP contribution in [0.1, 0.15) is 18.5 Å². The molecule has 0 aromatic carbocycles. The fourth-order valence-electron chi connectivity index (χ4n) is 2.41. The Morgan fingerprint density at radius 2 is 2.10 bits per heavy atom. The van der Waals surface area contributed by atoms with Crippen LogP contribution < -0.4 is 4.90 Å². The summed E-state index contributed by atoms with van der Waals surface area (Å²) in [5.41, 5.74) is 0.979. The van der Waals surface area contributed by atoms with Crippen molar-refractivity contribution in [1.82, 2.24) is 9.97 Å². The van der Waals surface area contributed by atoms with E-state index in [1.807, 2.05) is 6.07 Å². The normalized spacial score (nSPS) is 16.2. The molecular weight excluding hydrogens is 258 g/mol. The summed E-state index contributed by atoms with van der Waals surface area (Å²) in [4.78, 5) is 22.2. The van der Waals surface area contributed by atoms with E-state index < -0.39 is 0 Å². The lowest BCUT2D eigenvalue weighted by Gasteiger charge is -2.31. The highest BCUT2D eigenvalue weighted by Crippen LogP contribution is 2.22. The van der Waals surface area contributed by atoms with E-state index in [2.05, 4.69) is 14.9 Å². The van der Waals surface area contributed by atoms with E-state index in [0.29, 0.717) is 6.61 Å². The van der Waals surface area contributed by atoms with Gasteiger partial charge in [0.05, 0.1) is 19.6 Å². The fraction of sp³-hybridized carbons (Fsp3) is 0.643. The first-order chi connectivity index (χ1) is 9.74. The molecule has 1 fully saturated rings. The second-order valence-corrected chi connectivity index (χ2v) is 4.89. The van der Waals surface area contributed by atoms with Gasteiger partial charge in [0, 0.05) is 38.4 Å². The van der Waals surface area contributed by atoms with Gasteiger partial charge in [-0.2, -0.15) is 0 Å². The van der Waals surface area contributed by atoms with Gasteiger partial charge in [0.25, 0.3) is 0 Å². The van der Waals surface area contributed by atoms with E-state index in [1.165, 1.54) is 7.11 Å². The minimum atomic E-state index is -0.104. The highest BCUT2D eigenvalue weighted by Gasteiger charge is 2.26. The smallest absolute Gasteiger partial charge is 0.308 e. The maximum Gasteiger partial charge on any atom is 0.308 e. The molecule has 0 bridgehead atoms. The number of hydrogen-bond donors (Lipinski definition) is 0. The Bertz CT molecular complexity index is 445. The van der Waals surface area contributed by atoms with Gasteiger partial charge in [0.2, 0.25) is 0 Å². The van der Waals surface area contributed by atoms with Crippen LogP contribution in [0.2, 0.25) is 0 Å². The Balaban J connectivity index is 1.94. The Hall–Kier alpha value is -1.69. The molecule has 1 aliphatic heterocycles. The SMILES string of the molecule is COCCc1cc(N2CCC(C(=O)OC)CC2)ncn1. The molecule has 110 valence electrons. The van der Waals surface area contributed by atoms with Gasteiger partial charge in [-0.3, -0.25) is 4.79 Å². The highest BCUT2D eigenvalue weighted by atomic mass is 16.5. The lowest BCUT2D eigenvalue weighted by molar-refractivity contribution is -0.146. The molecule has 0 aliphatic carbocycles. The molecule has 20 heavy (non-hydrogen) atoms. The van der Waals surface area contributed by atoms with Gasteiger partial charge in [-0.25, -0.2) is 9.97 Å². The first-order valence-corrected chi connectivity index (χ1v) is 6.87. The second-order valence-electron chi connectivity index (χ2n) is 4.89. The topological polar surface area (TPSA) is 64.5 Å². The van der Waals surface area contributed by atoms with Crippen molar-refractivity contribution < 1.29 is 14.3 Å². The minimum absolute atomic E-state index is 0.0195. The number of anilines is 1. The van der Waals surface area contributed by atoms with Gasteiger partial charge in [-0.1, -0.05) is 0 Å². The quantitative estimate of drug-likeness (QED) is 0.751. The number of carbonyl (C=O) groups is 1. The number of hydrogen-bond acceptors (Lipinski definition) is 6. The Labute approximate surface area is 119 Å². The van der Waals surface area contributed by atoms with Crippen molar-refractivity contribution in [1.29, 1.82) is 0 Å². The molecule has 0 atom stereocenters. The van der Waals surface area contributed by atoms with Crippen LogP contribution >= 0.6 is 0 Å². The maximum atomic E-state index is 11.5. The molecule has 0 radical (unpaired) electrons. The fourth-order valence-corrected chi connectivity index (χ4v) is 2.41. The van der Waals surface area contributed by atoms with Crippen LogP contribution in [0.3, 0.4) is 0 Å². The Morgan fingerprint density at radius 1 is 1.35 bits per heavy atom. The van der Waals surface area contributed by atoms with E-state index >= 15 is 0 Å². The lowest BCUT2D eigenvalue weighted by Crippen LogP contribution is -2.37. The molecule has 6 nitrogen and oxygen atoms in total. The van der Waals surface area contributed by atoms with E-state index in [4.69, 9.17) is 9.47 Å². The zero-order valence-corrected chi connectivity index (χ0v) is 12.0. The molecule has 1 aliphatic rings. The largest absolute Gasteiger partial charge is 0.469 e. The second kappa shape index (κ2) is 7.19.